The molecule has 1 N–H and O–H groups in total. The summed E-state index contributed by atoms with van der Waals surface area (Å²) in [6.45, 7) is 1.75. The third-order valence-corrected chi connectivity index (χ3v) is 10.8. The first-order valence-corrected chi connectivity index (χ1v) is 14.7. The molecule has 0 bridgehead atoms. The van der Waals surface area contributed by atoms with Crippen molar-refractivity contribution in [3.8, 4) is 5.75 Å². The van der Waals surface area contributed by atoms with Crippen LogP contribution >= 0.6 is 73.8 Å². The molecule has 2 heterocycles. The molecular formula is C21H18BrCl3N2O3S3. The lowest BCUT2D eigenvalue weighted by atomic mass is 10.3. The van der Waals surface area contributed by atoms with E-state index in [0.717, 1.165) is 40.0 Å². The summed E-state index contributed by atoms with van der Waals surface area (Å²) >= 11 is 24.4. The Labute approximate surface area is 224 Å². The van der Waals surface area contributed by atoms with Gasteiger partial charge in [-0.3, -0.25) is 4.72 Å². The van der Waals surface area contributed by atoms with Crippen LogP contribution in [-0.4, -0.2) is 39.6 Å². The summed E-state index contributed by atoms with van der Waals surface area (Å²) in [5.41, 5.74) is 0.376. The van der Waals surface area contributed by atoms with Gasteiger partial charge < -0.3 is 9.64 Å². The first-order chi connectivity index (χ1) is 15.6. The fourth-order valence-electron chi connectivity index (χ4n) is 3.26. The van der Waals surface area contributed by atoms with Crippen LogP contribution in [0.15, 0.2) is 60.3 Å². The van der Waals surface area contributed by atoms with E-state index < -0.39 is 10.0 Å². The maximum Gasteiger partial charge on any atom is 0.271 e. The van der Waals surface area contributed by atoms with Crippen LogP contribution in [0.4, 0.5) is 5.69 Å². The van der Waals surface area contributed by atoms with E-state index in [0.29, 0.717) is 31.0 Å². The first kappa shape index (κ1) is 25.4. The largest absolute Gasteiger partial charge is 0.487 e. The van der Waals surface area contributed by atoms with Crippen molar-refractivity contribution in [1.82, 2.24) is 4.90 Å². The van der Waals surface area contributed by atoms with Gasteiger partial charge >= 0.3 is 0 Å². The smallest absolute Gasteiger partial charge is 0.271 e. The molecule has 176 valence electrons. The molecule has 0 radical (unpaired) electrons. The standard InChI is InChI=1S/C21H18BrCl3N2O3S3/c1-27-5-4-15(11-27)30-19-9-14(2-3-18(19)25)26-33(28,29)20-10-17(22)21(32-20)31-16-7-12(23)6-13(24)8-16/h2-3,6-10,15,26H,4-5,11H2,1H3/t15-/m1/s1. The second kappa shape index (κ2) is 10.5. The molecule has 5 nitrogen and oxygen atoms in total. The number of sulfonamides is 1. The topological polar surface area (TPSA) is 58.6 Å². The van der Waals surface area contributed by atoms with Gasteiger partial charge in [0.15, 0.2) is 0 Å². The van der Waals surface area contributed by atoms with Crippen molar-refractivity contribution in [3.63, 3.8) is 0 Å². The number of benzene rings is 2. The number of nitrogens with zero attached hydrogens (tertiary/aromatic N) is 1. The van der Waals surface area contributed by atoms with Crippen molar-refractivity contribution in [2.45, 2.75) is 25.8 Å². The molecule has 2 aromatic carbocycles. The van der Waals surface area contributed by atoms with Crippen LogP contribution in [0.1, 0.15) is 6.42 Å². The van der Waals surface area contributed by atoms with Gasteiger partial charge in [-0.1, -0.05) is 46.6 Å². The molecule has 0 amide bonds. The first-order valence-electron chi connectivity index (χ1n) is 9.70. The maximum absolute atomic E-state index is 13.1. The summed E-state index contributed by atoms with van der Waals surface area (Å²) in [7, 11) is -1.79. The number of hydrogen-bond donors (Lipinski definition) is 1. The molecule has 1 atom stereocenters. The van der Waals surface area contributed by atoms with Crippen molar-refractivity contribution in [2.24, 2.45) is 0 Å². The Balaban J connectivity index is 1.52. The highest BCUT2D eigenvalue weighted by Gasteiger charge is 2.24. The highest BCUT2D eigenvalue weighted by atomic mass is 79.9. The predicted molar refractivity (Wildman–Crippen MR) is 141 cm³/mol. The van der Waals surface area contributed by atoms with Gasteiger partial charge in [-0.15, -0.1) is 11.3 Å². The molecule has 0 aliphatic carbocycles. The number of hydrogen-bond acceptors (Lipinski definition) is 6. The quantitative estimate of drug-likeness (QED) is 0.294. The third-order valence-electron chi connectivity index (χ3n) is 4.77. The molecule has 4 rings (SSSR count). The summed E-state index contributed by atoms with van der Waals surface area (Å²) in [5.74, 6) is 0.457. The Morgan fingerprint density at radius 1 is 1.15 bits per heavy atom. The molecule has 3 aromatic rings. The molecule has 1 fully saturated rings. The maximum atomic E-state index is 13.1. The van der Waals surface area contributed by atoms with Crippen molar-refractivity contribution >= 4 is 89.5 Å². The van der Waals surface area contributed by atoms with E-state index in [9.17, 15) is 8.42 Å². The van der Waals surface area contributed by atoms with E-state index in [2.05, 4.69) is 25.6 Å². The molecular weight excluding hydrogens is 611 g/mol. The van der Waals surface area contributed by atoms with E-state index >= 15 is 0 Å². The summed E-state index contributed by atoms with van der Waals surface area (Å²) < 4.78 is 36.3. The Morgan fingerprint density at radius 2 is 1.88 bits per heavy atom. The van der Waals surface area contributed by atoms with E-state index in [1.165, 1.54) is 11.8 Å². The number of likely N-dealkylation sites (N-methyl/N-ethyl adjacent to an activating group) is 1. The number of anilines is 1. The van der Waals surface area contributed by atoms with Gasteiger partial charge in [-0.25, -0.2) is 8.42 Å². The lowest BCUT2D eigenvalue weighted by Gasteiger charge is -2.16. The number of halogens is 4. The molecule has 33 heavy (non-hydrogen) atoms. The minimum atomic E-state index is -3.82. The Kier molecular flexibility index (Phi) is 8.12. The zero-order chi connectivity index (χ0) is 23.8. The van der Waals surface area contributed by atoms with Crippen molar-refractivity contribution in [1.29, 1.82) is 0 Å². The van der Waals surface area contributed by atoms with Crippen molar-refractivity contribution in [3.05, 3.63) is 62.0 Å². The highest BCUT2D eigenvalue weighted by molar-refractivity contribution is 9.10. The van der Waals surface area contributed by atoms with Crippen molar-refractivity contribution in [2.75, 3.05) is 24.9 Å². The van der Waals surface area contributed by atoms with Gasteiger partial charge in [0.1, 0.15) is 16.1 Å². The van der Waals surface area contributed by atoms with E-state index in [4.69, 9.17) is 39.5 Å². The third kappa shape index (κ3) is 6.52. The SMILES string of the molecule is CN1CC[C@@H](Oc2cc(NS(=O)(=O)c3cc(Br)c(Sc4cc(Cl)cc(Cl)c4)s3)ccc2Cl)C1. The minimum absolute atomic E-state index is 0.0205. The number of thiophene rings is 1. The zero-order valence-electron chi connectivity index (χ0n) is 17.1. The molecule has 0 unspecified atom stereocenters. The summed E-state index contributed by atoms with van der Waals surface area (Å²) in [6.07, 6.45) is 0.914. The average Bonchev–Trinajstić information content (AvgIpc) is 3.29. The number of nitrogens with one attached hydrogen (secondary N) is 1. The fourth-order valence-corrected chi connectivity index (χ4v) is 8.86. The van der Waals surface area contributed by atoms with E-state index in [-0.39, 0.29) is 10.3 Å². The number of ether oxygens (including phenoxy) is 1. The Bertz CT molecular complexity index is 1270. The van der Waals surface area contributed by atoms with Gasteiger partial charge in [-0.2, -0.15) is 0 Å². The summed E-state index contributed by atoms with van der Waals surface area (Å²) in [5, 5.41) is 1.46. The van der Waals surface area contributed by atoms with E-state index in [1.807, 2.05) is 7.05 Å². The van der Waals surface area contributed by atoms with Crippen LogP contribution in [0.2, 0.25) is 15.1 Å². The van der Waals surface area contributed by atoms with Gasteiger partial charge in [0.25, 0.3) is 10.0 Å². The second-order valence-electron chi connectivity index (χ2n) is 7.45. The van der Waals surface area contributed by atoms with Crippen LogP contribution < -0.4 is 9.46 Å². The van der Waals surface area contributed by atoms with Crippen molar-refractivity contribution < 1.29 is 13.2 Å². The fraction of sp³-hybridized carbons (Fsp3) is 0.238. The lowest BCUT2D eigenvalue weighted by Crippen LogP contribution is -2.21. The molecule has 12 heteroatoms. The molecule has 0 saturated carbocycles. The summed E-state index contributed by atoms with van der Waals surface area (Å²) in [4.78, 5) is 2.98. The molecule has 1 saturated heterocycles. The molecule has 1 aromatic heterocycles. The van der Waals surface area contributed by atoms with Crippen LogP contribution in [0.3, 0.4) is 0 Å². The Hall–Kier alpha value is -0.650. The number of likely N-dealkylation sites (tertiary alicyclic amines) is 1. The number of rotatable bonds is 7. The van der Waals surface area contributed by atoms with E-state index in [1.54, 1.807) is 42.5 Å². The zero-order valence-corrected chi connectivity index (χ0v) is 23.5. The van der Waals surface area contributed by atoms with Gasteiger partial charge in [0.2, 0.25) is 0 Å². The van der Waals surface area contributed by atoms with Crippen LogP contribution in [0.5, 0.6) is 5.75 Å². The minimum Gasteiger partial charge on any atom is -0.487 e. The lowest BCUT2D eigenvalue weighted by molar-refractivity contribution is 0.208. The normalized spacial score (nSPS) is 16.8. The molecule has 1 aliphatic heterocycles. The predicted octanol–water partition coefficient (Wildman–Crippen LogP) is 7.51. The van der Waals surface area contributed by atoms with Gasteiger partial charge in [-0.05, 0) is 65.8 Å². The van der Waals surface area contributed by atoms with Crippen LogP contribution in [0.25, 0.3) is 0 Å². The molecule has 1 aliphatic rings. The Morgan fingerprint density at radius 3 is 2.55 bits per heavy atom. The molecule has 0 spiro atoms. The average molecular weight is 629 g/mol. The highest BCUT2D eigenvalue weighted by Crippen LogP contribution is 2.43. The second-order valence-corrected chi connectivity index (χ2v) is 13.9. The van der Waals surface area contributed by atoms with Gasteiger partial charge in [0, 0.05) is 38.6 Å². The van der Waals surface area contributed by atoms with Gasteiger partial charge in [0.05, 0.1) is 14.9 Å². The summed E-state index contributed by atoms with van der Waals surface area (Å²) in [6, 6.07) is 11.6. The monoisotopic (exact) mass is 626 g/mol. The van der Waals surface area contributed by atoms with Crippen LogP contribution in [0, 0.1) is 0 Å². The van der Waals surface area contributed by atoms with Crippen LogP contribution in [-0.2, 0) is 10.0 Å².